The van der Waals surface area contributed by atoms with E-state index in [1.165, 1.54) is 64.7 Å². The summed E-state index contributed by atoms with van der Waals surface area (Å²) < 4.78 is 12.3. The maximum Gasteiger partial charge on any atom is 0.306 e. The second-order valence-electron chi connectivity index (χ2n) is 15.4. The minimum Gasteiger partial charge on any atom is -0.458 e. The quantitative estimate of drug-likeness (QED) is 0.0926. The van der Waals surface area contributed by atoms with E-state index in [1.54, 1.807) is 26.0 Å². The van der Waals surface area contributed by atoms with Crippen LogP contribution in [0.1, 0.15) is 138 Å². The number of ketones is 1. The van der Waals surface area contributed by atoms with Crippen molar-refractivity contribution < 1.29 is 39.2 Å². The van der Waals surface area contributed by atoms with Crippen LogP contribution in [0.15, 0.2) is 23.3 Å². The van der Waals surface area contributed by atoms with Crippen molar-refractivity contribution in [1.82, 2.24) is 0 Å². The van der Waals surface area contributed by atoms with E-state index >= 15 is 0 Å². The molecule has 4 aliphatic carbocycles. The molecule has 0 aromatic carbocycles. The van der Waals surface area contributed by atoms with Gasteiger partial charge < -0.3 is 24.8 Å². The molecular formula is C38H60O8. The first-order valence-electron chi connectivity index (χ1n) is 18.1. The van der Waals surface area contributed by atoms with Crippen molar-refractivity contribution in [2.24, 2.45) is 29.1 Å². The topological polar surface area (TPSA) is 130 Å². The van der Waals surface area contributed by atoms with Crippen LogP contribution in [-0.2, 0) is 23.9 Å². The lowest BCUT2D eigenvalue weighted by Crippen LogP contribution is -2.66. The second-order valence-corrected chi connectivity index (χ2v) is 15.4. The number of Topliss-reactive ketones (excluding diaryl/α,β-unsaturated/α-hetero) is 1. The van der Waals surface area contributed by atoms with Gasteiger partial charge in [0.1, 0.15) is 11.7 Å². The predicted octanol–water partition coefficient (Wildman–Crippen LogP) is 6.53. The molecule has 3 N–H and O–H groups in total. The molecule has 2 saturated carbocycles. The van der Waals surface area contributed by atoms with Crippen LogP contribution in [0.25, 0.3) is 0 Å². The van der Waals surface area contributed by atoms with Gasteiger partial charge in [0.2, 0.25) is 0 Å². The van der Waals surface area contributed by atoms with E-state index in [1.807, 2.05) is 13.8 Å². The normalized spacial score (nSPS) is 35.7. The van der Waals surface area contributed by atoms with Gasteiger partial charge in [-0.3, -0.25) is 14.4 Å². The molecule has 2 fully saturated rings. The fraction of sp³-hybridized carbons (Fsp3) is 0.816. The van der Waals surface area contributed by atoms with Crippen LogP contribution in [-0.4, -0.2) is 62.6 Å². The number of rotatable bonds is 17. The fourth-order valence-electron chi connectivity index (χ4n) is 9.55. The van der Waals surface area contributed by atoms with E-state index < -0.39 is 69.7 Å². The zero-order valence-corrected chi connectivity index (χ0v) is 29.2. The van der Waals surface area contributed by atoms with Crippen LogP contribution in [0.4, 0.5) is 0 Å². The molecule has 0 saturated heterocycles. The molecule has 0 aromatic heterocycles. The van der Waals surface area contributed by atoms with Gasteiger partial charge >= 0.3 is 11.9 Å². The number of carbonyl (C=O) groups excluding carboxylic acids is 3. The Morgan fingerprint density at radius 2 is 1.46 bits per heavy atom. The minimum absolute atomic E-state index is 0.108. The number of hydrogen-bond acceptors (Lipinski definition) is 8. The molecule has 0 aliphatic heterocycles. The van der Waals surface area contributed by atoms with Crippen LogP contribution in [0.2, 0.25) is 0 Å². The summed E-state index contributed by atoms with van der Waals surface area (Å²) in [6.07, 6.45) is 18.2. The molecule has 8 atom stereocenters. The molecule has 8 nitrogen and oxygen atoms in total. The van der Waals surface area contributed by atoms with Crippen LogP contribution < -0.4 is 0 Å². The highest BCUT2D eigenvalue weighted by molar-refractivity contribution is 6.04. The average molecular weight is 645 g/mol. The van der Waals surface area contributed by atoms with E-state index in [9.17, 15) is 29.7 Å². The third-order valence-corrected chi connectivity index (χ3v) is 12.0. The van der Waals surface area contributed by atoms with E-state index in [4.69, 9.17) is 9.47 Å². The third kappa shape index (κ3) is 6.52. The molecule has 0 spiro atoms. The van der Waals surface area contributed by atoms with Crippen LogP contribution in [0.3, 0.4) is 0 Å². The van der Waals surface area contributed by atoms with Gasteiger partial charge in [-0.2, -0.15) is 0 Å². The Balaban J connectivity index is 1.43. The first-order valence-corrected chi connectivity index (χ1v) is 18.1. The van der Waals surface area contributed by atoms with Gasteiger partial charge in [0.15, 0.2) is 11.4 Å². The van der Waals surface area contributed by atoms with Gasteiger partial charge in [0.25, 0.3) is 0 Å². The molecule has 4 rings (SSSR count). The highest BCUT2D eigenvalue weighted by atomic mass is 16.6. The molecule has 260 valence electrons. The Hall–Kier alpha value is -2.03. The summed E-state index contributed by atoms with van der Waals surface area (Å²) in [6.45, 7) is 10.5. The summed E-state index contributed by atoms with van der Waals surface area (Å²) in [4.78, 5) is 39.2. The van der Waals surface area contributed by atoms with Gasteiger partial charge in [-0.15, -0.1) is 0 Å². The van der Waals surface area contributed by atoms with Crippen molar-refractivity contribution in [2.75, 3.05) is 6.61 Å². The highest BCUT2D eigenvalue weighted by Gasteiger charge is 2.87. The summed E-state index contributed by atoms with van der Waals surface area (Å²) in [7, 11) is 0. The number of fused-ring (bicyclic) bond motifs is 5. The number of esters is 2. The number of carbonyl (C=O) groups is 3. The zero-order chi connectivity index (χ0) is 33.9. The fourth-order valence-corrected chi connectivity index (χ4v) is 9.55. The minimum atomic E-state index is -1.93. The molecule has 0 radical (unpaired) electrons. The number of aliphatic hydroxyl groups excluding tert-OH is 1. The van der Waals surface area contributed by atoms with Crippen molar-refractivity contribution in [1.29, 1.82) is 0 Å². The zero-order valence-electron chi connectivity index (χ0n) is 29.2. The van der Waals surface area contributed by atoms with Crippen molar-refractivity contribution in [2.45, 2.75) is 161 Å². The highest BCUT2D eigenvalue weighted by Crippen LogP contribution is 2.77. The molecule has 4 aliphatic rings. The SMILES string of the molecule is CCCCCCCCCCCCCCCC(=O)O[C@H]1[C@@H](C)[C@@]2(O)[C@@H](C=C(CO)C[C@]3(O)C(=O)C(C)=C[C@@H]23)[C@@H]2C(C)(C)C21OC(C)=O. The Labute approximate surface area is 276 Å². The summed E-state index contributed by atoms with van der Waals surface area (Å²) >= 11 is 0. The Morgan fingerprint density at radius 3 is 1.98 bits per heavy atom. The number of aliphatic hydroxyl groups is 3. The second kappa shape index (κ2) is 14.6. The van der Waals surface area contributed by atoms with Crippen LogP contribution in [0.5, 0.6) is 0 Å². The molecule has 46 heavy (non-hydrogen) atoms. The lowest BCUT2D eigenvalue weighted by molar-refractivity contribution is -0.228. The van der Waals surface area contributed by atoms with Gasteiger partial charge in [0, 0.05) is 48.9 Å². The van der Waals surface area contributed by atoms with Crippen LogP contribution >= 0.6 is 0 Å². The summed E-state index contributed by atoms with van der Waals surface area (Å²) in [5, 5.41) is 34.8. The summed E-state index contributed by atoms with van der Waals surface area (Å²) in [6, 6.07) is 0. The van der Waals surface area contributed by atoms with Crippen molar-refractivity contribution in [3.8, 4) is 0 Å². The van der Waals surface area contributed by atoms with Crippen LogP contribution in [0, 0.1) is 29.1 Å². The Bertz CT molecular complexity index is 1190. The van der Waals surface area contributed by atoms with Crippen molar-refractivity contribution in [3.05, 3.63) is 23.3 Å². The monoisotopic (exact) mass is 644 g/mol. The summed E-state index contributed by atoms with van der Waals surface area (Å²) in [5.41, 5.74) is -4.71. The summed E-state index contributed by atoms with van der Waals surface area (Å²) in [5.74, 6) is -4.29. The largest absolute Gasteiger partial charge is 0.458 e. The first-order chi connectivity index (χ1) is 21.7. The van der Waals surface area contributed by atoms with Crippen molar-refractivity contribution >= 4 is 17.7 Å². The maximum absolute atomic E-state index is 13.4. The van der Waals surface area contributed by atoms with E-state index in [0.717, 1.165) is 19.3 Å². The first kappa shape index (κ1) is 36.8. The number of unbranched alkanes of at least 4 members (excludes halogenated alkanes) is 12. The molecule has 0 bridgehead atoms. The van der Waals surface area contributed by atoms with Gasteiger partial charge in [-0.1, -0.05) is 117 Å². The van der Waals surface area contributed by atoms with Gasteiger partial charge in [0.05, 0.1) is 12.2 Å². The van der Waals surface area contributed by atoms with Crippen molar-refractivity contribution in [3.63, 3.8) is 0 Å². The molecule has 0 aromatic rings. The van der Waals surface area contributed by atoms with E-state index in [0.29, 0.717) is 17.6 Å². The Kier molecular flexibility index (Phi) is 11.7. The molecule has 1 unspecified atom stereocenters. The lowest BCUT2D eigenvalue weighted by Gasteiger charge is -2.53. The third-order valence-electron chi connectivity index (χ3n) is 12.0. The standard InChI is InChI=1S/C38H60O8/c1-7-8-9-10-11-12-13-14-15-16-17-18-19-20-31(41)45-34-26(3)37(44)29(32-35(5,6)38(32,34)46-27(4)40)22-28(24-39)23-36(43)30(37)21-25(2)33(36)42/h21-22,26,29-30,32,34,39,43-44H,7-20,23-24H2,1-6H3/t26-,29+,30-,32-,34+,36-,37-,38?/m1/s1. The number of ether oxygens (including phenoxy) is 2. The van der Waals surface area contributed by atoms with Gasteiger partial charge in [-0.05, 0) is 24.5 Å². The molecular weight excluding hydrogens is 584 g/mol. The molecule has 0 amide bonds. The average Bonchev–Trinajstić information content (AvgIpc) is 3.42. The maximum atomic E-state index is 13.4. The predicted molar refractivity (Wildman–Crippen MR) is 177 cm³/mol. The molecule has 8 heteroatoms. The van der Waals surface area contributed by atoms with E-state index in [-0.39, 0.29) is 19.4 Å². The number of hydrogen-bond donors (Lipinski definition) is 3. The Morgan fingerprint density at radius 1 is 0.913 bits per heavy atom. The lowest BCUT2D eigenvalue weighted by atomic mass is 9.59. The van der Waals surface area contributed by atoms with E-state index in [2.05, 4.69) is 6.92 Å². The molecule has 0 heterocycles. The smallest absolute Gasteiger partial charge is 0.306 e. The van der Waals surface area contributed by atoms with Gasteiger partial charge in [-0.25, -0.2) is 0 Å².